The van der Waals surface area contributed by atoms with Gasteiger partial charge in [0.25, 0.3) is 11.8 Å². The number of rotatable bonds is 2. The zero-order valence-corrected chi connectivity index (χ0v) is 12.6. The van der Waals surface area contributed by atoms with Gasteiger partial charge in [-0.1, -0.05) is 0 Å². The molecule has 8 heteroatoms. The van der Waals surface area contributed by atoms with Crippen molar-refractivity contribution in [3.05, 3.63) is 29.1 Å². The smallest absolute Gasteiger partial charge is 0.262 e. The predicted octanol–water partition coefficient (Wildman–Crippen LogP) is 0.293. The van der Waals surface area contributed by atoms with Crippen LogP contribution in [0.25, 0.3) is 0 Å². The summed E-state index contributed by atoms with van der Waals surface area (Å²) in [5, 5.41) is 2.11. The Balaban J connectivity index is 2.01. The summed E-state index contributed by atoms with van der Waals surface area (Å²) in [6, 6.07) is 1.26. The van der Waals surface area contributed by atoms with E-state index in [4.69, 9.17) is 0 Å². The van der Waals surface area contributed by atoms with Gasteiger partial charge in [-0.2, -0.15) is 0 Å². The molecule has 0 bridgehead atoms. The van der Waals surface area contributed by atoms with Gasteiger partial charge in [0, 0.05) is 20.5 Å². The molecule has 1 atom stereocenters. The number of anilines is 1. The zero-order chi connectivity index (χ0) is 16.9. The Labute approximate surface area is 131 Å². The van der Waals surface area contributed by atoms with Crippen LogP contribution in [-0.4, -0.2) is 48.7 Å². The SMILES string of the molecule is CN(C)c1cc2c(cc1F)C(=O)N(C1CCC(=O)NC1=O)C2=O. The van der Waals surface area contributed by atoms with Crippen LogP contribution < -0.4 is 10.2 Å². The first-order valence-corrected chi connectivity index (χ1v) is 7.03. The van der Waals surface area contributed by atoms with E-state index in [0.29, 0.717) is 0 Å². The number of halogens is 1. The highest BCUT2D eigenvalue weighted by Crippen LogP contribution is 2.31. The van der Waals surface area contributed by atoms with Crippen molar-refractivity contribution in [3.63, 3.8) is 0 Å². The van der Waals surface area contributed by atoms with Crippen LogP contribution in [0.1, 0.15) is 33.6 Å². The first kappa shape index (κ1) is 15.1. The molecular weight excluding hydrogens is 305 g/mol. The average molecular weight is 319 g/mol. The molecule has 1 aromatic rings. The van der Waals surface area contributed by atoms with Gasteiger partial charge in [0.2, 0.25) is 11.8 Å². The number of hydrogen-bond acceptors (Lipinski definition) is 5. The predicted molar refractivity (Wildman–Crippen MR) is 77.4 cm³/mol. The van der Waals surface area contributed by atoms with E-state index in [9.17, 15) is 23.6 Å². The summed E-state index contributed by atoms with van der Waals surface area (Å²) in [5.41, 5.74) is 0.169. The fourth-order valence-corrected chi connectivity index (χ4v) is 2.82. The van der Waals surface area contributed by atoms with E-state index in [1.54, 1.807) is 14.1 Å². The van der Waals surface area contributed by atoms with E-state index in [1.807, 2.05) is 0 Å². The van der Waals surface area contributed by atoms with Crippen LogP contribution in [0.5, 0.6) is 0 Å². The summed E-state index contributed by atoms with van der Waals surface area (Å²) in [5.74, 6) is -3.13. The Morgan fingerprint density at radius 3 is 2.30 bits per heavy atom. The molecule has 2 aliphatic heterocycles. The minimum Gasteiger partial charge on any atom is -0.375 e. The Morgan fingerprint density at radius 1 is 1.13 bits per heavy atom. The molecule has 1 aromatic carbocycles. The maximum atomic E-state index is 14.0. The molecule has 1 saturated heterocycles. The van der Waals surface area contributed by atoms with Crippen LogP contribution in [0.15, 0.2) is 12.1 Å². The minimum atomic E-state index is -1.05. The van der Waals surface area contributed by atoms with Crippen molar-refractivity contribution in [2.45, 2.75) is 18.9 Å². The summed E-state index contributed by atoms with van der Waals surface area (Å²) in [7, 11) is 3.23. The van der Waals surface area contributed by atoms with Gasteiger partial charge in [-0.15, -0.1) is 0 Å². The molecule has 1 N–H and O–H groups in total. The standard InChI is InChI=1S/C15H14FN3O4/c1-18(2)11-6-8-7(5-9(11)16)14(22)19(15(8)23)10-3-4-12(20)17-13(10)21/h5-6,10H,3-4H2,1-2H3,(H,17,20,21). The maximum absolute atomic E-state index is 14.0. The van der Waals surface area contributed by atoms with Crippen molar-refractivity contribution < 1.29 is 23.6 Å². The first-order chi connectivity index (χ1) is 10.8. The molecule has 0 aliphatic carbocycles. The highest BCUT2D eigenvalue weighted by atomic mass is 19.1. The van der Waals surface area contributed by atoms with Crippen molar-refractivity contribution in [2.24, 2.45) is 0 Å². The largest absolute Gasteiger partial charge is 0.375 e. The summed E-state index contributed by atoms with van der Waals surface area (Å²) in [6.07, 6.45) is 0.111. The number of benzene rings is 1. The lowest BCUT2D eigenvalue weighted by Gasteiger charge is -2.27. The molecule has 0 saturated carbocycles. The molecule has 4 amide bonds. The summed E-state index contributed by atoms with van der Waals surface area (Å²) < 4.78 is 14.0. The summed E-state index contributed by atoms with van der Waals surface area (Å²) in [6.45, 7) is 0. The first-order valence-electron chi connectivity index (χ1n) is 7.03. The van der Waals surface area contributed by atoms with Gasteiger partial charge < -0.3 is 4.90 Å². The van der Waals surface area contributed by atoms with Gasteiger partial charge in [-0.3, -0.25) is 29.4 Å². The quantitative estimate of drug-likeness (QED) is 0.792. The van der Waals surface area contributed by atoms with Gasteiger partial charge in [-0.05, 0) is 18.6 Å². The van der Waals surface area contributed by atoms with Crippen LogP contribution in [-0.2, 0) is 9.59 Å². The van der Waals surface area contributed by atoms with E-state index in [1.165, 1.54) is 11.0 Å². The van der Waals surface area contributed by atoms with Gasteiger partial charge in [0.1, 0.15) is 11.9 Å². The highest BCUT2D eigenvalue weighted by molar-refractivity contribution is 6.23. The van der Waals surface area contributed by atoms with Crippen LogP contribution >= 0.6 is 0 Å². The van der Waals surface area contributed by atoms with Crippen molar-refractivity contribution in [2.75, 3.05) is 19.0 Å². The second-order valence-electron chi connectivity index (χ2n) is 5.69. The molecule has 1 unspecified atom stereocenters. The lowest BCUT2D eigenvalue weighted by molar-refractivity contribution is -0.136. The number of nitrogens with zero attached hydrogens (tertiary/aromatic N) is 2. The number of fused-ring (bicyclic) bond motifs is 1. The third-order valence-corrected chi connectivity index (χ3v) is 3.99. The summed E-state index contributed by atoms with van der Waals surface area (Å²) >= 11 is 0. The number of amides is 4. The number of carbonyl (C=O) groups excluding carboxylic acids is 4. The minimum absolute atomic E-state index is 0.0428. The van der Waals surface area contributed by atoms with Gasteiger partial charge >= 0.3 is 0 Å². The van der Waals surface area contributed by atoms with Crippen molar-refractivity contribution >= 4 is 29.3 Å². The van der Waals surface area contributed by atoms with E-state index >= 15 is 0 Å². The molecule has 0 aromatic heterocycles. The van der Waals surface area contributed by atoms with E-state index in [-0.39, 0.29) is 29.7 Å². The third kappa shape index (κ3) is 2.26. The molecular formula is C15H14FN3O4. The second kappa shape index (κ2) is 5.15. The van der Waals surface area contributed by atoms with Crippen molar-refractivity contribution in [3.8, 4) is 0 Å². The van der Waals surface area contributed by atoms with Gasteiger partial charge in [0.15, 0.2) is 0 Å². The molecule has 120 valence electrons. The molecule has 1 fully saturated rings. The van der Waals surface area contributed by atoms with Crippen LogP contribution in [0.4, 0.5) is 10.1 Å². The average Bonchev–Trinajstić information content (AvgIpc) is 2.70. The lowest BCUT2D eigenvalue weighted by Crippen LogP contribution is -2.54. The van der Waals surface area contributed by atoms with Crippen molar-refractivity contribution in [1.29, 1.82) is 0 Å². The number of piperidine rings is 1. The Morgan fingerprint density at radius 2 is 1.74 bits per heavy atom. The fourth-order valence-electron chi connectivity index (χ4n) is 2.82. The lowest BCUT2D eigenvalue weighted by atomic mass is 10.0. The molecule has 23 heavy (non-hydrogen) atoms. The highest BCUT2D eigenvalue weighted by Gasteiger charge is 2.45. The van der Waals surface area contributed by atoms with Crippen LogP contribution in [0.3, 0.4) is 0 Å². The Bertz CT molecular complexity index is 759. The number of hydrogen-bond donors (Lipinski definition) is 1. The molecule has 2 heterocycles. The monoisotopic (exact) mass is 319 g/mol. The van der Waals surface area contributed by atoms with E-state index in [2.05, 4.69) is 5.32 Å². The molecule has 3 rings (SSSR count). The number of nitrogens with one attached hydrogen (secondary N) is 1. The van der Waals surface area contributed by atoms with Crippen LogP contribution in [0.2, 0.25) is 0 Å². The summed E-state index contributed by atoms with van der Waals surface area (Å²) in [4.78, 5) is 50.4. The Kier molecular flexibility index (Phi) is 3.39. The normalized spacial score (nSPS) is 20.7. The fraction of sp³-hybridized carbons (Fsp3) is 0.333. The number of imide groups is 2. The third-order valence-electron chi connectivity index (χ3n) is 3.99. The Hall–Kier alpha value is -2.77. The molecule has 0 radical (unpaired) electrons. The molecule has 2 aliphatic rings. The number of carbonyl (C=O) groups is 4. The zero-order valence-electron chi connectivity index (χ0n) is 12.6. The van der Waals surface area contributed by atoms with Crippen molar-refractivity contribution in [1.82, 2.24) is 10.2 Å². The van der Waals surface area contributed by atoms with E-state index in [0.717, 1.165) is 11.0 Å². The van der Waals surface area contributed by atoms with E-state index < -0.39 is 35.5 Å². The maximum Gasteiger partial charge on any atom is 0.262 e. The van der Waals surface area contributed by atoms with Gasteiger partial charge in [0.05, 0.1) is 16.8 Å². The topological polar surface area (TPSA) is 86.8 Å². The van der Waals surface area contributed by atoms with Gasteiger partial charge in [-0.25, -0.2) is 4.39 Å². The molecule has 7 nitrogen and oxygen atoms in total. The van der Waals surface area contributed by atoms with Crippen LogP contribution in [0, 0.1) is 5.82 Å². The second-order valence-corrected chi connectivity index (χ2v) is 5.69. The molecule has 0 spiro atoms.